The zero-order chi connectivity index (χ0) is 26.7. The van der Waals surface area contributed by atoms with Gasteiger partial charge in [0.2, 0.25) is 0 Å². The number of carbonyl (C=O) groups excluding carboxylic acids is 1. The minimum atomic E-state index is -4.42. The zero-order valence-corrected chi connectivity index (χ0v) is 20.8. The Morgan fingerprint density at radius 3 is 2.24 bits per heavy atom. The molecule has 0 radical (unpaired) electrons. The Balaban J connectivity index is 1.60. The van der Waals surface area contributed by atoms with Gasteiger partial charge in [-0.25, -0.2) is 4.79 Å². The number of carbonyl (C=O) groups is 1. The first-order chi connectivity index (χ1) is 17.6. The summed E-state index contributed by atoms with van der Waals surface area (Å²) >= 11 is 0. The summed E-state index contributed by atoms with van der Waals surface area (Å²) in [4.78, 5) is 38.9. The molecule has 1 heterocycles. The van der Waals surface area contributed by atoms with Gasteiger partial charge in [-0.3, -0.25) is 28.0 Å². The molecule has 0 bridgehead atoms. The number of amides is 1. The molecule has 37 heavy (non-hydrogen) atoms. The molecule has 11 nitrogen and oxygen atoms in total. The SMILES string of the molecule is COc1ccc(CNC(=O)c2ccc3c(c2)c(=O)n(Cc2ccc(NS(=O)(=O)O)cc2)c(=O)n3C)cc1. The average Bonchev–Trinajstić information content (AvgIpc) is 2.88. The summed E-state index contributed by atoms with van der Waals surface area (Å²) < 4.78 is 40.2. The Morgan fingerprint density at radius 2 is 1.62 bits per heavy atom. The van der Waals surface area contributed by atoms with Gasteiger partial charge in [0.1, 0.15) is 5.75 Å². The van der Waals surface area contributed by atoms with Gasteiger partial charge in [-0.05, 0) is 53.6 Å². The number of nitrogens with one attached hydrogen (secondary N) is 2. The molecule has 0 fully saturated rings. The molecule has 0 spiro atoms. The lowest BCUT2D eigenvalue weighted by Crippen LogP contribution is -2.39. The van der Waals surface area contributed by atoms with Crippen LogP contribution >= 0.6 is 0 Å². The summed E-state index contributed by atoms with van der Waals surface area (Å²) in [6, 6.07) is 17.6. The number of rotatable bonds is 8. The van der Waals surface area contributed by atoms with Gasteiger partial charge >= 0.3 is 16.0 Å². The molecular weight excluding hydrogens is 500 g/mol. The molecule has 1 amide bonds. The topological polar surface area (TPSA) is 149 Å². The third kappa shape index (κ3) is 5.88. The van der Waals surface area contributed by atoms with Crippen LogP contribution in [0.4, 0.5) is 5.69 Å². The highest BCUT2D eigenvalue weighted by atomic mass is 32.2. The van der Waals surface area contributed by atoms with E-state index in [0.717, 1.165) is 10.1 Å². The highest BCUT2D eigenvalue weighted by Crippen LogP contribution is 2.15. The van der Waals surface area contributed by atoms with Crippen LogP contribution in [0.5, 0.6) is 5.75 Å². The predicted octanol–water partition coefficient (Wildman–Crippen LogP) is 1.90. The summed E-state index contributed by atoms with van der Waals surface area (Å²) in [5, 5.41) is 3.01. The number of hydrogen-bond donors (Lipinski definition) is 3. The minimum absolute atomic E-state index is 0.0818. The second-order valence-corrected chi connectivity index (χ2v) is 9.42. The van der Waals surface area contributed by atoms with E-state index in [2.05, 4.69) is 5.32 Å². The fourth-order valence-electron chi connectivity index (χ4n) is 3.83. The van der Waals surface area contributed by atoms with Crippen molar-refractivity contribution in [1.82, 2.24) is 14.5 Å². The summed E-state index contributed by atoms with van der Waals surface area (Å²) in [5.41, 5.74) is 1.08. The average molecular weight is 525 g/mol. The monoisotopic (exact) mass is 524 g/mol. The number of hydrogen-bond acceptors (Lipinski definition) is 6. The first kappa shape index (κ1) is 25.7. The van der Waals surface area contributed by atoms with Crippen LogP contribution in [0, 0.1) is 0 Å². The van der Waals surface area contributed by atoms with E-state index in [4.69, 9.17) is 9.29 Å². The number of fused-ring (bicyclic) bond motifs is 1. The van der Waals surface area contributed by atoms with Crippen LogP contribution in [0.1, 0.15) is 21.5 Å². The summed E-state index contributed by atoms with van der Waals surface area (Å²) in [5.74, 6) is 0.330. The molecule has 3 N–H and O–H groups in total. The maximum atomic E-state index is 13.3. The van der Waals surface area contributed by atoms with Crippen LogP contribution < -0.4 is 26.0 Å². The van der Waals surface area contributed by atoms with Crippen LogP contribution in [0.3, 0.4) is 0 Å². The number of methoxy groups -OCH3 is 1. The molecule has 0 aliphatic heterocycles. The van der Waals surface area contributed by atoms with Crippen LogP contribution in [0.2, 0.25) is 0 Å². The molecule has 4 aromatic rings. The van der Waals surface area contributed by atoms with Crippen LogP contribution in [0.15, 0.2) is 76.3 Å². The normalized spacial score (nSPS) is 11.3. The van der Waals surface area contributed by atoms with Gasteiger partial charge in [0.05, 0.1) is 30.2 Å². The van der Waals surface area contributed by atoms with E-state index in [1.54, 1.807) is 31.4 Å². The van der Waals surface area contributed by atoms with E-state index < -0.39 is 21.6 Å². The van der Waals surface area contributed by atoms with E-state index in [1.807, 2.05) is 16.9 Å². The van der Waals surface area contributed by atoms with Crippen molar-refractivity contribution in [3.63, 3.8) is 0 Å². The molecule has 3 aromatic carbocycles. The van der Waals surface area contributed by atoms with Gasteiger partial charge in [-0.15, -0.1) is 0 Å². The number of benzene rings is 3. The Labute approximate surface area is 211 Å². The predicted molar refractivity (Wildman–Crippen MR) is 138 cm³/mol. The number of aromatic nitrogens is 2. The van der Waals surface area contributed by atoms with Crippen molar-refractivity contribution in [3.05, 3.63) is 104 Å². The van der Waals surface area contributed by atoms with E-state index in [1.165, 1.54) is 41.9 Å². The smallest absolute Gasteiger partial charge is 0.357 e. The molecule has 0 aliphatic rings. The summed E-state index contributed by atoms with van der Waals surface area (Å²) in [6.45, 7) is 0.197. The molecule has 0 saturated heterocycles. The van der Waals surface area contributed by atoms with Crippen molar-refractivity contribution in [2.75, 3.05) is 11.8 Å². The Morgan fingerprint density at radius 1 is 0.973 bits per heavy atom. The lowest BCUT2D eigenvalue weighted by atomic mass is 10.1. The number of ether oxygens (including phenoxy) is 1. The van der Waals surface area contributed by atoms with Crippen LogP contribution in [0.25, 0.3) is 10.9 Å². The number of anilines is 1. The van der Waals surface area contributed by atoms with Crippen molar-refractivity contribution in [2.24, 2.45) is 7.05 Å². The number of nitrogens with zero attached hydrogens (tertiary/aromatic N) is 2. The van der Waals surface area contributed by atoms with Crippen LogP contribution in [-0.2, 0) is 30.4 Å². The molecule has 0 saturated carbocycles. The van der Waals surface area contributed by atoms with Crippen molar-refractivity contribution in [2.45, 2.75) is 13.1 Å². The van der Waals surface area contributed by atoms with Gasteiger partial charge in [0.15, 0.2) is 0 Å². The zero-order valence-electron chi connectivity index (χ0n) is 20.0. The highest BCUT2D eigenvalue weighted by Gasteiger charge is 2.15. The van der Waals surface area contributed by atoms with Gasteiger partial charge in [0, 0.05) is 19.2 Å². The van der Waals surface area contributed by atoms with Crippen molar-refractivity contribution >= 4 is 32.8 Å². The fourth-order valence-corrected chi connectivity index (χ4v) is 4.27. The Bertz CT molecular complexity index is 1690. The molecular formula is C25H24N4O7S. The van der Waals surface area contributed by atoms with Gasteiger partial charge < -0.3 is 10.1 Å². The van der Waals surface area contributed by atoms with Crippen molar-refractivity contribution in [1.29, 1.82) is 0 Å². The van der Waals surface area contributed by atoms with E-state index in [0.29, 0.717) is 16.8 Å². The summed E-state index contributed by atoms with van der Waals surface area (Å²) in [7, 11) is -1.32. The van der Waals surface area contributed by atoms with E-state index in [9.17, 15) is 22.8 Å². The quantitative estimate of drug-likeness (QED) is 0.298. The lowest BCUT2D eigenvalue weighted by Gasteiger charge is -2.12. The van der Waals surface area contributed by atoms with Crippen LogP contribution in [-0.4, -0.2) is 35.1 Å². The molecule has 0 unspecified atom stereocenters. The third-order valence-corrected chi connectivity index (χ3v) is 6.26. The molecule has 4 rings (SSSR count). The van der Waals surface area contributed by atoms with E-state index in [-0.39, 0.29) is 35.6 Å². The largest absolute Gasteiger partial charge is 0.497 e. The molecule has 0 aliphatic carbocycles. The van der Waals surface area contributed by atoms with Gasteiger partial charge in [-0.1, -0.05) is 24.3 Å². The fraction of sp³-hybridized carbons (Fsp3) is 0.160. The second-order valence-electron chi connectivity index (χ2n) is 8.27. The lowest BCUT2D eigenvalue weighted by molar-refractivity contribution is 0.0951. The maximum absolute atomic E-state index is 13.3. The Kier molecular flexibility index (Phi) is 7.14. The molecule has 12 heteroatoms. The van der Waals surface area contributed by atoms with Gasteiger partial charge in [0.25, 0.3) is 11.5 Å². The molecule has 1 aromatic heterocycles. The summed E-state index contributed by atoms with van der Waals surface area (Å²) in [6.07, 6.45) is 0. The number of aryl methyl sites for hydroxylation is 1. The Hall–Kier alpha value is -4.42. The minimum Gasteiger partial charge on any atom is -0.497 e. The molecule has 0 atom stereocenters. The molecule has 192 valence electrons. The van der Waals surface area contributed by atoms with Crippen molar-refractivity contribution in [3.8, 4) is 5.75 Å². The first-order valence-corrected chi connectivity index (χ1v) is 12.5. The first-order valence-electron chi connectivity index (χ1n) is 11.0. The standard InChI is InChI=1S/C25H24N4O7S/c1-28-22-12-7-18(23(30)26-14-16-5-10-20(36-2)11-6-16)13-21(22)24(31)29(25(28)32)15-17-3-8-19(9-4-17)27-37(33,34)35/h3-13,27H,14-15H2,1-2H3,(H,26,30)(H,33,34,35). The third-order valence-electron chi connectivity index (χ3n) is 5.77. The highest BCUT2D eigenvalue weighted by molar-refractivity contribution is 7.87. The van der Waals surface area contributed by atoms with E-state index >= 15 is 0 Å². The maximum Gasteiger partial charge on any atom is 0.357 e. The van der Waals surface area contributed by atoms with Crippen molar-refractivity contribution < 1.29 is 22.5 Å². The second kappa shape index (κ2) is 10.3. The van der Waals surface area contributed by atoms with Gasteiger partial charge in [-0.2, -0.15) is 8.42 Å².